The first-order valence-corrected chi connectivity index (χ1v) is 5.21. The fraction of sp³-hybridized carbons (Fsp3) is 0.417. The number of carbonyl (C=O) groups is 1. The highest BCUT2D eigenvalue weighted by Gasteiger charge is 2.05. The summed E-state index contributed by atoms with van der Waals surface area (Å²) in [6.45, 7) is 4.51. The van der Waals surface area contributed by atoms with Gasteiger partial charge in [0, 0.05) is 30.8 Å². The maximum atomic E-state index is 10.7. The van der Waals surface area contributed by atoms with Crippen molar-refractivity contribution in [3.8, 4) is 5.75 Å². The van der Waals surface area contributed by atoms with E-state index in [2.05, 4.69) is 5.32 Å². The summed E-state index contributed by atoms with van der Waals surface area (Å²) in [5.41, 5.74) is 1.85. The molecule has 0 aliphatic heterocycles. The van der Waals surface area contributed by atoms with Gasteiger partial charge in [-0.2, -0.15) is 0 Å². The van der Waals surface area contributed by atoms with Gasteiger partial charge >= 0.3 is 5.97 Å². The molecule has 0 aliphatic rings. The van der Waals surface area contributed by atoms with Crippen LogP contribution in [0.2, 0.25) is 0 Å². The van der Waals surface area contributed by atoms with Crippen molar-refractivity contribution in [1.82, 2.24) is 0 Å². The molecule has 1 aromatic rings. The van der Waals surface area contributed by atoms with Crippen molar-refractivity contribution in [3.63, 3.8) is 0 Å². The Morgan fingerprint density at radius 3 is 2.75 bits per heavy atom. The molecule has 88 valence electrons. The normalized spacial score (nSPS) is 9.69. The fourth-order valence-electron chi connectivity index (χ4n) is 1.36. The fourth-order valence-corrected chi connectivity index (χ4v) is 1.36. The number of nitrogens with one attached hydrogen (secondary N) is 1. The number of anilines is 1. The van der Waals surface area contributed by atoms with Crippen LogP contribution in [0.5, 0.6) is 5.75 Å². The van der Waals surface area contributed by atoms with Gasteiger partial charge in [0.15, 0.2) is 0 Å². The Morgan fingerprint density at radius 2 is 2.19 bits per heavy atom. The Kier molecular flexibility index (Phi) is 4.64. The van der Waals surface area contributed by atoms with Crippen LogP contribution < -0.4 is 10.1 Å². The predicted molar refractivity (Wildman–Crippen MR) is 62.6 cm³/mol. The Morgan fingerprint density at radius 1 is 1.44 bits per heavy atom. The van der Waals surface area contributed by atoms with E-state index in [1.807, 2.05) is 25.1 Å². The molecule has 0 atom stereocenters. The molecule has 0 heterocycles. The van der Waals surface area contributed by atoms with Crippen molar-refractivity contribution in [2.24, 2.45) is 0 Å². The molecule has 0 saturated carbocycles. The molecule has 0 unspecified atom stereocenters. The molecule has 0 radical (unpaired) electrons. The summed E-state index contributed by atoms with van der Waals surface area (Å²) in [5, 5.41) is 3.19. The Hall–Kier alpha value is -1.71. The second-order valence-electron chi connectivity index (χ2n) is 3.34. The SMILES string of the molecule is CCNc1ccc(COC(C)=O)c(OC)c1. The molecular formula is C12H17NO3. The zero-order valence-electron chi connectivity index (χ0n) is 9.87. The number of esters is 1. The van der Waals surface area contributed by atoms with Gasteiger partial charge in [-0.05, 0) is 19.1 Å². The minimum atomic E-state index is -0.294. The van der Waals surface area contributed by atoms with Crippen LogP contribution in [0.4, 0.5) is 5.69 Å². The van der Waals surface area contributed by atoms with Gasteiger partial charge in [0.05, 0.1) is 7.11 Å². The number of hydrogen-bond donors (Lipinski definition) is 1. The summed E-state index contributed by atoms with van der Waals surface area (Å²) in [6, 6.07) is 5.72. The van der Waals surface area contributed by atoms with Gasteiger partial charge in [0.25, 0.3) is 0 Å². The van der Waals surface area contributed by atoms with Gasteiger partial charge in [-0.3, -0.25) is 4.79 Å². The van der Waals surface area contributed by atoms with E-state index in [4.69, 9.17) is 9.47 Å². The molecule has 0 spiro atoms. The molecule has 0 aliphatic carbocycles. The summed E-state index contributed by atoms with van der Waals surface area (Å²) >= 11 is 0. The lowest BCUT2D eigenvalue weighted by molar-refractivity contribution is -0.142. The van der Waals surface area contributed by atoms with Gasteiger partial charge in [-0.25, -0.2) is 0 Å². The molecule has 0 amide bonds. The third kappa shape index (κ3) is 3.46. The summed E-state index contributed by atoms with van der Waals surface area (Å²) in [6.07, 6.45) is 0. The zero-order chi connectivity index (χ0) is 12.0. The molecule has 1 rings (SSSR count). The first-order valence-electron chi connectivity index (χ1n) is 5.21. The second kappa shape index (κ2) is 6.00. The van der Waals surface area contributed by atoms with Crippen molar-refractivity contribution >= 4 is 11.7 Å². The molecule has 0 bridgehead atoms. The van der Waals surface area contributed by atoms with E-state index in [1.54, 1.807) is 7.11 Å². The van der Waals surface area contributed by atoms with Crippen molar-refractivity contribution in [2.75, 3.05) is 19.0 Å². The second-order valence-corrected chi connectivity index (χ2v) is 3.34. The van der Waals surface area contributed by atoms with E-state index >= 15 is 0 Å². The summed E-state index contributed by atoms with van der Waals surface area (Å²) in [5.74, 6) is 0.428. The summed E-state index contributed by atoms with van der Waals surface area (Å²) < 4.78 is 10.2. The Labute approximate surface area is 95.6 Å². The first-order chi connectivity index (χ1) is 7.67. The molecule has 4 nitrogen and oxygen atoms in total. The van der Waals surface area contributed by atoms with Crippen LogP contribution in [0.1, 0.15) is 19.4 Å². The molecule has 4 heteroatoms. The predicted octanol–water partition coefficient (Wildman–Crippen LogP) is 2.19. The number of rotatable bonds is 5. The first kappa shape index (κ1) is 12.4. The Balaban J connectivity index is 2.80. The molecule has 1 aromatic carbocycles. The van der Waals surface area contributed by atoms with E-state index in [-0.39, 0.29) is 12.6 Å². The molecule has 0 fully saturated rings. The van der Waals surface area contributed by atoms with E-state index in [9.17, 15) is 4.79 Å². The average Bonchev–Trinajstić information content (AvgIpc) is 2.27. The third-order valence-electron chi connectivity index (χ3n) is 2.10. The van der Waals surface area contributed by atoms with E-state index in [0.717, 1.165) is 23.5 Å². The van der Waals surface area contributed by atoms with Crippen LogP contribution in [0.15, 0.2) is 18.2 Å². The van der Waals surface area contributed by atoms with Crippen molar-refractivity contribution in [1.29, 1.82) is 0 Å². The van der Waals surface area contributed by atoms with E-state index < -0.39 is 0 Å². The molecule has 0 aromatic heterocycles. The summed E-state index contributed by atoms with van der Waals surface area (Å²) in [4.78, 5) is 10.7. The smallest absolute Gasteiger partial charge is 0.302 e. The third-order valence-corrected chi connectivity index (χ3v) is 2.10. The lowest BCUT2D eigenvalue weighted by atomic mass is 10.2. The molecule has 0 saturated heterocycles. The highest BCUT2D eigenvalue weighted by Crippen LogP contribution is 2.23. The van der Waals surface area contributed by atoms with Gasteiger partial charge in [0.1, 0.15) is 12.4 Å². The average molecular weight is 223 g/mol. The monoisotopic (exact) mass is 223 g/mol. The highest BCUT2D eigenvalue weighted by atomic mass is 16.5. The maximum absolute atomic E-state index is 10.7. The van der Waals surface area contributed by atoms with Gasteiger partial charge in [-0.15, -0.1) is 0 Å². The standard InChI is InChI=1S/C12H17NO3/c1-4-13-11-6-5-10(8-16-9(2)14)12(7-11)15-3/h5-7,13H,4,8H2,1-3H3. The van der Waals surface area contributed by atoms with Crippen LogP contribution in [0.25, 0.3) is 0 Å². The topological polar surface area (TPSA) is 47.6 Å². The maximum Gasteiger partial charge on any atom is 0.302 e. The van der Waals surface area contributed by atoms with E-state index in [0.29, 0.717) is 0 Å². The van der Waals surface area contributed by atoms with Gasteiger partial charge in [-0.1, -0.05) is 0 Å². The van der Waals surface area contributed by atoms with Crippen LogP contribution in [-0.4, -0.2) is 19.6 Å². The highest BCUT2D eigenvalue weighted by molar-refractivity contribution is 5.66. The van der Waals surface area contributed by atoms with Gasteiger partial charge in [0.2, 0.25) is 0 Å². The number of benzene rings is 1. The van der Waals surface area contributed by atoms with E-state index in [1.165, 1.54) is 6.92 Å². The molecule has 16 heavy (non-hydrogen) atoms. The lowest BCUT2D eigenvalue weighted by Gasteiger charge is -2.11. The quantitative estimate of drug-likeness (QED) is 0.777. The number of carbonyl (C=O) groups excluding carboxylic acids is 1. The lowest BCUT2D eigenvalue weighted by Crippen LogP contribution is -2.02. The van der Waals surface area contributed by atoms with Crippen LogP contribution >= 0.6 is 0 Å². The van der Waals surface area contributed by atoms with Crippen molar-refractivity contribution in [3.05, 3.63) is 23.8 Å². The van der Waals surface area contributed by atoms with Crippen molar-refractivity contribution in [2.45, 2.75) is 20.5 Å². The van der Waals surface area contributed by atoms with Gasteiger partial charge < -0.3 is 14.8 Å². The largest absolute Gasteiger partial charge is 0.496 e. The number of methoxy groups -OCH3 is 1. The van der Waals surface area contributed by atoms with Crippen LogP contribution in [0, 0.1) is 0 Å². The minimum absolute atomic E-state index is 0.241. The molecular weight excluding hydrogens is 206 g/mol. The molecule has 1 N–H and O–H groups in total. The number of hydrogen-bond acceptors (Lipinski definition) is 4. The van der Waals surface area contributed by atoms with Crippen LogP contribution in [0.3, 0.4) is 0 Å². The number of ether oxygens (including phenoxy) is 2. The Bertz CT molecular complexity index is 363. The minimum Gasteiger partial charge on any atom is -0.496 e. The van der Waals surface area contributed by atoms with Crippen LogP contribution in [-0.2, 0) is 16.1 Å². The zero-order valence-corrected chi connectivity index (χ0v) is 9.87. The van der Waals surface area contributed by atoms with Crippen molar-refractivity contribution < 1.29 is 14.3 Å². The summed E-state index contributed by atoms with van der Waals surface area (Å²) in [7, 11) is 1.60.